The molecule has 5 nitrogen and oxygen atoms in total. The van der Waals surface area contributed by atoms with Crippen molar-refractivity contribution >= 4 is 34.2 Å². The minimum absolute atomic E-state index is 0.521. The highest BCUT2D eigenvalue weighted by Crippen LogP contribution is 2.27. The Morgan fingerprint density at radius 2 is 2.19 bits per heavy atom. The number of hydrogen-bond donors (Lipinski definition) is 1. The minimum atomic E-state index is 0.521. The SMILES string of the molecule is CSC(=Nc1ccc(-n2nc(C)cc2C)c(Cl)c1)NC#N. The lowest BCUT2D eigenvalue weighted by Crippen LogP contribution is -2.12. The van der Waals surface area contributed by atoms with Crippen LogP contribution in [-0.2, 0) is 0 Å². The molecule has 7 heteroatoms. The molecule has 2 rings (SSSR count). The number of aryl methyl sites for hydroxylation is 2. The standard InChI is InChI=1S/C14H14ClN5S/c1-9-6-10(2)20(19-9)13-5-4-11(7-12(13)15)18-14(21-3)17-8-16/h4-7H,1-3H3,(H,17,18). The number of hydrogen-bond acceptors (Lipinski definition) is 4. The number of amidine groups is 1. The first kappa shape index (κ1) is 15.4. The maximum Gasteiger partial charge on any atom is 0.183 e. The summed E-state index contributed by atoms with van der Waals surface area (Å²) in [6, 6.07) is 7.45. The lowest BCUT2D eigenvalue weighted by Gasteiger charge is -2.08. The van der Waals surface area contributed by atoms with Crippen LogP contribution in [0.2, 0.25) is 5.02 Å². The summed E-state index contributed by atoms with van der Waals surface area (Å²) in [5, 5.41) is 16.6. The number of nitrogens with one attached hydrogen (secondary N) is 1. The molecule has 21 heavy (non-hydrogen) atoms. The molecule has 1 N–H and O–H groups in total. The number of rotatable bonds is 2. The van der Waals surface area contributed by atoms with Gasteiger partial charge in [-0.2, -0.15) is 10.4 Å². The van der Waals surface area contributed by atoms with Crippen LogP contribution in [0.1, 0.15) is 11.4 Å². The van der Waals surface area contributed by atoms with Crippen LogP contribution in [0.3, 0.4) is 0 Å². The molecule has 0 aliphatic heterocycles. The van der Waals surface area contributed by atoms with Crippen molar-refractivity contribution in [2.45, 2.75) is 13.8 Å². The van der Waals surface area contributed by atoms with Crippen LogP contribution in [-0.4, -0.2) is 21.2 Å². The van der Waals surface area contributed by atoms with Gasteiger partial charge in [-0.15, -0.1) is 0 Å². The van der Waals surface area contributed by atoms with Crippen molar-refractivity contribution in [1.82, 2.24) is 15.1 Å². The van der Waals surface area contributed by atoms with Crippen LogP contribution in [0, 0.1) is 25.3 Å². The molecule has 0 bridgehead atoms. The van der Waals surface area contributed by atoms with E-state index < -0.39 is 0 Å². The van der Waals surface area contributed by atoms with Crippen molar-refractivity contribution < 1.29 is 0 Å². The normalized spacial score (nSPS) is 11.3. The molecule has 1 aromatic heterocycles. The van der Waals surface area contributed by atoms with E-state index in [-0.39, 0.29) is 0 Å². The maximum absolute atomic E-state index is 8.63. The summed E-state index contributed by atoms with van der Waals surface area (Å²) in [6.07, 6.45) is 3.69. The fraction of sp³-hybridized carbons (Fsp3) is 0.214. The van der Waals surface area contributed by atoms with Gasteiger partial charge >= 0.3 is 0 Å². The van der Waals surface area contributed by atoms with Crippen LogP contribution in [0.5, 0.6) is 0 Å². The molecule has 1 aromatic carbocycles. The molecule has 108 valence electrons. The lowest BCUT2D eigenvalue weighted by atomic mass is 10.3. The molecule has 0 atom stereocenters. The molecule has 1 heterocycles. The van der Waals surface area contributed by atoms with Crippen molar-refractivity contribution in [3.05, 3.63) is 40.7 Å². The number of aliphatic imine (C=N–C) groups is 1. The number of aromatic nitrogens is 2. The average molecular weight is 320 g/mol. The summed E-state index contributed by atoms with van der Waals surface area (Å²) in [5.74, 6) is 0. The zero-order chi connectivity index (χ0) is 15.4. The third kappa shape index (κ3) is 3.57. The van der Waals surface area contributed by atoms with Gasteiger partial charge in [0.05, 0.1) is 22.1 Å². The largest absolute Gasteiger partial charge is 0.271 e. The van der Waals surface area contributed by atoms with E-state index in [9.17, 15) is 0 Å². The fourth-order valence-electron chi connectivity index (χ4n) is 1.90. The first-order chi connectivity index (χ1) is 10.0. The Morgan fingerprint density at radius 3 is 2.71 bits per heavy atom. The van der Waals surface area contributed by atoms with Crippen molar-refractivity contribution in [3.63, 3.8) is 0 Å². The van der Waals surface area contributed by atoms with E-state index in [0.717, 1.165) is 17.1 Å². The van der Waals surface area contributed by atoms with Gasteiger partial charge in [-0.25, -0.2) is 9.67 Å². The van der Waals surface area contributed by atoms with Crippen molar-refractivity contribution in [2.75, 3.05) is 6.26 Å². The molecule has 0 amide bonds. The van der Waals surface area contributed by atoms with Gasteiger partial charge in [0.15, 0.2) is 11.4 Å². The van der Waals surface area contributed by atoms with E-state index in [0.29, 0.717) is 15.9 Å². The molecule has 0 saturated carbocycles. The van der Waals surface area contributed by atoms with Crippen LogP contribution < -0.4 is 5.32 Å². The van der Waals surface area contributed by atoms with Gasteiger partial charge in [0.25, 0.3) is 0 Å². The number of thioether (sulfide) groups is 1. The van der Waals surface area contributed by atoms with Crippen molar-refractivity contribution in [1.29, 1.82) is 5.26 Å². The third-order valence-electron chi connectivity index (χ3n) is 2.76. The van der Waals surface area contributed by atoms with Gasteiger partial charge in [-0.3, -0.25) is 5.32 Å². The Labute approximate surface area is 132 Å². The Hall–Kier alpha value is -1.97. The summed E-state index contributed by atoms with van der Waals surface area (Å²) in [6.45, 7) is 3.92. The van der Waals surface area contributed by atoms with Crippen molar-refractivity contribution in [2.24, 2.45) is 4.99 Å². The molecular weight excluding hydrogens is 306 g/mol. The fourth-order valence-corrected chi connectivity index (χ4v) is 2.50. The van der Waals surface area contributed by atoms with Crippen LogP contribution in [0.15, 0.2) is 29.3 Å². The highest BCUT2D eigenvalue weighted by atomic mass is 35.5. The molecule has 0 radical (unpaired) electrons. The zero-order valence-corrected chi connectivity index (χ0v) is 13.5. The predicted molar refractivity (Wildman–Crippen MR) is 87.4 cm³/mol. The molecule has 0 aliphatic rings. The smallest absolute Gasteiger partial charge is 0.183 e. The topological polar surface area (TPSA) is 66.0 Å². The first-order valence-electron chi connectivity index (χ1n) is 6.16. The number of nitrogens with zero attached hydrogens (tertiary/aromatic N) is 4. The number of benzene rings is 1. The number of nitriles is 1. The average Bonchev–Trinajstić information content (AvgIpc) is 2.77. The first-order valence-corrected chi connectivity index (χ1v) is 7.76. The quantitative estimate of drug-likeness (QED) is 0.398. The van der Waals surface area contributed by atoms with E-state index in [1.807, 2.05) is 44.5 Å². The van der Waals surface area contributed by atoms with Gasteiger partial charge in [0.2, 0.25) is 0 Å². The molecule has 2 aromatic rings. The second kappa shape index (κ2) is 6.66. The molecule has 0 saturated heterocycles. The van der Waals surface area contributed by atoms with E-state index >= 15 is 0 Å². The van der Waals surface area contributed by atoms with Crippen molar-refractivity contribution in [3.8, 4) is 11.9 Å². The Balaban J connectivity index is 2.38. The second-order valence-corrected chi connectivity index (χ2v) is 5.53. The van der Waals surface area contributed by atoms with Gasteiger partial charge in [0, 0.05) is 5.69 Å². The van der Waals surface area contributed by atoms with E-state index in [1.165, 1.54) is 11.8 Å². The summed E-state index contributed by atoms with van der Waals surface area (Å²) >= 11 is 7.68. The molecule has 0 spiro atoms. The van der Waals surface area contributed by atoms with Crippen LogP contribution in [0.25, 0.3) is 5.69 Å². The summed E-state index contributed by atoms with van der Waals surface area (Å²) in [4.78, 5) is 4.32. The highest BCUT2D eigenvalue weighted by molar-refractivity contribution is 8.13. The minimum Gasteiger partial charge on any atom is -0.271 e. The van der Waals surface area contributed by atoms with E-state index in [4.69, 9.17) is 16.9 Å². The Kier molecular flexibility index (Phi) is 4.89. The van der Waals surface area contributed by atoms with Gasteiger partial charge in [-0.1, -0.05) is 23.4 Å². The van der Waals surface area contributed by atoms with E-state index in [1.54, 1.807) is 10.7 Å². The van der Waals surface area contributed by atoms with E-state index in [2.05, 4.69) is 15.4 Å². The molecule has 0 aliphatic carbocycles. The Morgan fingerprint density at radius 1 is 1.43 bits per heavy atom. The lowest BCUT2D eigenvalue weighted by molar-refractivity contribution is 0.834. The van der Waals surface area contributed by atoms with Crippen LogP contribution >= 0.6 is 23.4 Å². The van der Waals surface area contributed by atoms with Gasteiger partial charge in [-0.05, 0) is 44.4 Å². The van der Waals surface area contributed by atoms with Gasteiger partial charge in [0.1, 0.15) is 0 Å². The molecule has 0 fully saturated rings. The number of halogens is 1. The van der Waals surface area contributed by atoms with Crippen LogP contribution in [0.4, 0.5) is 5.69 Å². The monoisotopic (exact) mass is 319 g/mol. The second-order valence-electron chi connectivity index (χ2n) is 4.33. The van der Waals surface area contributed by atoms with Gasteiger partial charge < -0.3 is 0 Å². The summed E-state index contributed by atoms with van der Waals surface area (Å²) in [7, 11) is 0. The summed E-state index contributed by atoms with van der Waals surface area (Å²) < 4.78 is 1.80. The predicted octanol–water partition coefficient (Wildman–Crippen LogP) is 3.56. The maximum atomic E-state index is 8.63. The third-order valence-corrected chi connectivity index (χ3v) is 3.64. The molecule has 0 unspecified atom stereocenters. The Bertz CT molecular complexity index is 729. The zero-order valence-electron chi connectivity index (χ0n) is 11.9. The highest BCUT2D eigenvalue weighted by Gasteiger charge is 2.08. The summed E-state index contributed by atoms with van der Waals surface area (Å²) in [5.41, 5.74) is 3.44. The molecular formula is C14H14ClN5S.